The van der Waals surface area contributed by atoms with Crippen molar-refractivity contribution in [3.05, 3.63) is 29.5 Å². The minimum absolute atomic E-state index is 0.0690. The summed E-state index contributed by atoms with van der Waals surface area (Å²) in [5.74, 6) is 0. The van der Waals surface area contributed by atoms with Crippen LogP contribution in [0.5, 0.6) is 0 Å². The second-order valence-electron chi connectivity index (χ2n) is 8.50. The van der Waals surface area contributed by atoms with E-state index in [0.717, 1.165) is 52.5 Å². The second-order valence-corrected chi connectivity index (χ2v) is 11.2. The smallest absolute Gasteiger partial charge is 0.241 e. The highest BCUT2D eigenvalue weighted by molar-refractivity contribution is 7.89. The van der Waals surface area contributed by atoms with Crippen LogP contribution >= 0.6 is 11.3 Å². The van der Waals surface area contributed by atoms with Gasteiger partial charge in [-0.3, -0.25) is 0 Å². The number of hydrogen-bond acceptors (Lipinski definition) is 5. The zero-order chi connectivity index (χ0) is 20.4. The molecule has 0 amide bonds. The summed E-state index contributed by atoms with van der Waals surface area (Å²) in [7, 11) is -3.52. The standard InChI is InChI=1S/C22H31N3O2S2/c1-15-12-13-17(14-20(15)29(26,27)25-19-10-6-7-11-19)21-16(2)23-22(28-21)24-18-8-4-3-5-9-18/h12-14,18-19,25H,3-11H2,1-2H3,(H,23,24). The Balaban J connectivity index is 1.58. The number of rotatable bonds is 6. The highest BCUT2D eigenvalue weighted by Gasteiger charge is 2.25. The van der Waals surface area contributed by atoms with Crippen molar-refractivity contribution in [2.75, 3.05) is 5.32 Å². The van der Waals surface area contributed by atoms with Crippen LogP contribution in [0.1, 0.15) is 69.0 Å². The highest BCUT2D eigenvalue weighted by atomic mass is 32.2. The fourth-order valence-electron chi connectivity index (χ4n) is 4.50. The first-order valence-electron chi connectivity index (χ1n) is 10.8. The molecular formula is C22H31N3O2S2. The summed E-state index contributed by atoms with van der Waals surface area (Å²) in [6.45, 7) is 3.87. The van der Waals surface area contributed by atoms with E-state index in [4.69, 9.17) is 4.98 Å². The number of aryl methyl sites for hydroxylation is 2. The largest absolute Gasteiger partial charge is 0.359 e. The van der Waals surface area contributed by atoms with Gasteiger partial charge in [-0.15, -0.1) is 0 Å². The summed E-state index contributed by atoms with van der Waals surface area (Å²) in [6.07, 6.45) is 10.4. The third-order valence-corrected chi connectivity index (χ3v) is 8.95. The van der Waals surface area contributed by atoms with Gasteiger partial charge in [0.1, 0.15) is 0 Å². The van der Waals surface area contributed by atoms with Gasteiger partial charge in [-0.2, -0.15) is 0 Å². The van der Waals surface area contributed by atoms with Gasteiger partial charge < -0.3 is 5.32 Å². The van der Waals surface area contributed by atoms with Gasteiger partial charge in [0.05, 0.1) is 15.5 Å². The van der Waals surface area contributed by atoms with E-state index in [-0.39, 0.29) is 6.04 Å². The van der Waals surface area contributed by atoms with Crippen molar-refractivity contribution in [1.29, 1.82) is 0 Å². The minimum atomic E-state index is -3.52. The molecular weight excluding hydrogens is 402 g/mol. The summed E-state index contributed by atoms with van der Waals surface area (Å²) in [5.41, 5.74) is 2.65. The lowest BCUT2D eigenvalue weighted by molar-refractivity contribution is 0.462. The number of hydrogen-bond donors (Lipinski definition) is 2. The predicted molar refractivity (Wildman–Crippen MR) is 120 cm³/mol. The van der Waals surface area contributed by atoms with Gasteiger partial charge >= 0.3 is 0 Å². The van der Waals surface area contributed by atoms with Crippen LogP contribution in [0.25, 0.3) is 10.4 Å². The number of thiazole rings is 1. The lowest BCUT2D eigenvalue weighted by atomic mass is 9.96. The fraction of sp³-hybridized carbons (Fsp3) is 0.591. The molecule has 7 heteroatoms. The van der Waals surface area contributed by atoms with Gasteiger partial charge in [0, 0.05) is 12.1 Å². The normalized spacial score (nSPS) is 19.0. The molecule has 2 aromatic rings. The van der Waals surface area contributed by atoms with Crippen LogP contribution in [0.15, 0.2) is 23.1 Å². The van der Waals surface area contributed by atoms with Gasteiger partial charge in [-0.1, -0.05) is 55.6 Å². The monoisotopic (exact) mass is 433 g/mol. The molecule has 1 aromatic heterocycles. The van der Waals surface area contributed by atoms with Crippen molar-refractivity contribution in [3.8, 4) is 10.4 Å². The number of nitrogens with zero attached hydrogens (tertiary/aromatic N) is 1. The van der Waals surface area contributed by atoms with Crippen molar-refractivity contribution in [2.24, 2.45) is 0 Å². The molecule has 0 bridgehead atoms. The maximum absolute atomic E-state index is 13.0. The van der Waals surface area contributed by atoms with Crippen molar-refractivity contribution >= 4 is 26.5 Å². The molecule has 0 radical (unpaired) electrons. The topological polar surface area (TPSA) is 71.1 Å². The zero-order valence-electron chi connectivity index (χ0n) is 17.3. The zero-order valence-corrected chi connectivity index (χ0v) is 19.0. The van der Waals surface area contributed by atoms with Crippen molar-refractivity contribution in [2.45, 2.75) is 88.6 Å². The number of nitrogens with one attached hydrogen (secondary N) is 2. The minimum Gasteiger partial charge on any atom is -0.359 e. The summed E-state index contributed by atoms with van der Waals surface area (Å²) in [5, 5.41) is 4.54. The van der Waals surface area contributed by atoms with E-state index in [9.17, 15) is 8.42 Å². The van der Waals surface area contributed by atoms with Gasteiger partial charge in [0.25, 0.3) is 0 Å². The first-order chi connectivity index (χ1) is 13.9. The van der Waals surface area contributed by atoms with Crippen LogP contribution < -0.4 is 10.0 Å². The van der Waals surface area contributed by atoms with E-state index in [1.165, 1.54) is 32.1 Å². The molecule has 0 atom stereocenters. The Morgan fingerprint density at radius 3 is 2.34 bits per heavy atom. The van der Waals surface area contributed by atoms with Crippen LogP contribution in [0.3, 0.4) is 0 Å². The molecule has 1 aromatic carbocycles. The molecule has 2 N–H and O–H groups in total. The third-order valence-electron chi connectivity index (χ3n) is 6.15. The van der Waals surface area contributed by atoms with Crippen molar-refractivity contribution in [1.82, 2.24) is 9.71 Å². The summed E-state index contributed by atoms with van der Waals surface area (Å²) >= 11 is 1.63. The number of benzene rings is 1. The Bertz CT molecular complexity index is 956. The van der Waals surface area contributed by atoms with E-state index in [2.05, 4.69) is 10.0 Å². The molecule has 0 aliphatic heterocycles. The van der Waals surface area contributed by atoms with Gasteiger partial charge in [0.15, 0.2) is 5.13 Å². The molecule has 2 saturated carbocycles. The molecule has 29 heavy (non-hydrogen) atoms. The molecule has 0 spiro atoms. The molecule has 5 nitrogen and oxygen atoms in total. The van der Waals surface area contributed by atoms with E-state index in [0.29, 0.717) is 10.9 Å². The van der Waals surface area contributed by atoms with Crippen LogP contribution in [0, 0.1) is 13.8 Å². The van der Waals surface area contributed by atoms with Gasteiger partial charge in [-0.25, -0.2) is 18.1 Å². The van der Waals surface area contributed by atoms with Crippen molar-refractivity contribution < 1.29 is 8.42 Å². The van der Waals surface area contributed by atoms with E-state index >= 15 is 0 Å². The number of sulfonamides is 1. The summed E-state index contributed by atoms with van der Waals surface area (Å²) in [6, 6.07) is 6.31. The average Bonchev–Trinajstić information content (AvgIpc) is 3.32. The molecule has 158 valence electrons. The van der Waals surface area contributed by atoms with Gasteiger partial charge in [-0.05, 0) is 56.7 Å². The first kappa shape index (κ1) is 20.8. The SMILES string of the molecule is Cc1ccc(-c2sc(NC3CCCCC3)nc2C)cc1S(=O)(=O)NC1CCCC1. The maximum atomic E-state index is 13.0. The number of anilines is 1. The summed E-state index contributed by atoms with van der Waals surface area (Å²) < 4.78 is 28.9. The molecule has 0 saturated heterocycles. The van der Waals surface area contributed by atoms with Crippen LogP contribution in [-0.4, -0.2) is 25.5 Å². The molecule has 1 heterocycles. The molecule has 4 rings (SSSR count). The first-order valence-corrected chi connectivity index (χ1v) is 13.1. The summed E-state index contributed by atoms with van der Waals surface area (Å²) in [4.78, 5) is 6.15. The van der Waals surface area contributed by atoms with Crippen LogP contribution in [-0.2, 0) is 10.0 Å². The van der Waals surface area contributed by atoms with Crippen LogP contribution in [0.4, 0.5) is 5.13 Å². The fourth-order valence-corrected chi connectivity index (χ4v) is 7.12. The van der Waals surface area contributed by atoms with E-state index in [1.807, 2.05) is 32.0 Å². The maximum Gasteiger partial charge on any atom is 0.241 e. The average molecular weight is 434 g/mol. The molecule has 2 aliphatic rings. The quantitative estimate of drug-likeness (QED) is 0.640. The molecule has 2 aliphatic carbocycles. The molecule has 2 fully saturated rings. The second kappa shape index (κ2) is 8.74. The Morgan fingerprint density at radius 1 is 0.966 bits per heavy atom. The third kappa shape index (κ3) is 4.84. The lowest BCUT2D eigenvalue weighted by Gasteiger charge is -2.22. The Labute approximate surface area is 178 Å². The Kier molecular flexibility index (Phi) is 6.27. The Morgan fingerprint density at radius 2 is 1.62 bits per heavy atom. The molecule has 0 unspecified atom stereocenters. The number of aromatic nitrogens is 1. The Hall–Kier alpha value is -1.44. The lowest BCUT2D eigenvalue weighted by Crippen LogP contribution is -2.33. The van der Waals surface area contributed by atoms with E-state index < -0.39 is 10.0 Å². The predicted octanol–water partition coefficient (Wildman–Crippen LogP) is 5.39. The highest BCUT2D eigenvalue weighted by Crippen LogP contribution is 2.36. The van der Waals surface area contributed by atoms with E-state index in [1.54, 1.807) is 11.3 Å². The van der Waals surface area contributed by atoms with Crippen molar-refractivity contribution in [3.63, 3.8) is 0 Å². The van der Waals surface area contributed by atoms with Crippen LogP contribution in [0.2, 0.25) is 0 Å². The van der Waals surface area contributed by atoms with Gasteiger partial charge in [0.2, 0.25) is 10.0 Å².